The Morgan fingerprint density at radius 3 is 2.94 bits per heavy atom. The van der Waals surface area contributed by atoms with Crippen molar-refractivity contribution < 1.29 is 19.4 Å². The predicted molar refractivity (Wildman–Crippen MR) is 132 cm³/mol. The number of aliphatic hydroxyl groups is 1. The zero-order chi connectivity index (χ0) is 23.6. The van der Waals surface area contributed by atoms with Crippen molar-refractivity contribution >= 4 is 28.8 Å². The number of nitrogens with zero attached hydrogens (tertiary/aromatic N) is 2. The van der Waals surface area contributed by atoms with E-state index in [9.17, 15) is 9.90 Å². The van der Waals surface area contributed by atoms with Crippen LogP contribution in [0, 0.1) is 12.3 Å². The number of fused-ring (bicyclic) bond motifs is 1. The summed E-state index contributed by atoms with van der Waals surface area (Å²) in [5.74, 6) is 3.06. The molecule has 0 saturated heterocycles. The average molecular weight is 489 g/mol. The molecule has 0 bridgehead atoms. The van der Waals surface area contributed by atoms with E-state index in [2.05, 4.69) is 23.9 Å². The van der Waals surface area contributed by atoms with Crippen LogP contribution in [0.1, 0.15) is 16.5 Å². The summed E-state index contributed by atoms with van der Waals surface area (Å²) >= 11 is 7.68. The van der Waals surface area contributed by atoms with Gasteiger partial charge in [0.05, 0.1) is 25.3 Å². The van der Waals surface area contributed by atoms with Crippen LogP contribution in [0.15, 0.2) is 48.4 Å². The molecule has 176 valence electrons. The van der Waals surface area contributed by atoms with E-state index in [1.54, 1.807) is 29.5 Å². The van der Waals surface area contributed by atoms with Crippen LogP contribution in [0.3, 0.4) is 0 Å². The number of rotatable bonds is 12. The molecule has 2 heterocycles. The van der Waals surface area contributed by atoms with Gasteiger partial charge in [0.25, 0.3) is 0 Å². The summed E-state index contributed by atoms with van der Waals surface area (Å²) in [6.07, 6.45) is 6.96. The Balaban J connectivity index is 1.67. The van der Waals surface area contributed by atoms with Crippen LogP contribution in [-0.2, 0) is 16.0 Å². The Bertz CT molecular complexity index is 956. The Hall–Kier alpha value is -2.34. The van der Waals surface area contributed by atoms with Crippen molar-refractivity contribution in [2.75, 3.05) is 46.0 Å². The second-order valence-electron chi connectivity index (χ2n) is 7.77. The number of carbonyl (C=O) groups is 1. The molecule has 0 aliphatic carbocycles. The fraction of sp³-hybridized carbons (Fsp3) is 0.400. The topological polar surface area (TPSA) is 62.2 Å². The highest BCUT2D eigenvalue weighted by atomic mass is 35.5. The molecule has 2 atom stereocenters. The van der Waals surface area contributed by atoms with E-state index in [0.717, 1.165) is 12.0 Å². The number of benzene rings is 1. The maximum Gasteiger partial charge on any atom is 0.237 e. The van der Waals surface area contributed by atoms with Crippen molar-refractivity contribution in [1.82, 2.24) is 9.80 Å². The molecule has 1 aromatic heterocycles. The summed E-state index contributed by atoms with van der Waals surface area (Å²) in [7, 11) is 0. The van der Waals surface area contributed by atoms with Gasteiger partial charge < -0.3 is 19.5 Å². The van der Waals surface area contributed by atoms with Gasteiger partial charge in [-0.25, -0.2) is 0 Å². The van der Waals surface area contributed by atoms with Gasteiger partial charge in [0.2, 0.25) is 5.91 Å². The maximum atomic E-state index is 13.4. The zero-order valence-electron chi connectivity index (χ0n) is 18.5. The van der Waals surface area contributed by atoms with E-state index in [4.69, 9.17) is 27.5 Å². The Morgan fingerprint density at radius 2 is 2.21 bits per heavy atom. The quantitative estimate of drug-likeness (QED) is 0.282. The third-order valence-corrected chi connectivity index (χ3v) is 6.60. The van der Waals surface area contributed by atoms with Crippen molar-refractivity contribution in [3.05, 3.63) is 63.8 Å². The molecule has 1 aliphatic rings. The summed E-state index contributed by atoms with van der Waals surface area (Å²) in [6, 6.07) is 9.09. The molecule has 0 saturated carbocycles. The molecule has 0 spiro atoms. The van der Waals surface area contributed by atoms with Crippen molar-refractivity contribution in [3.63, 3.8) is 0 Å². The number of thiophene rings is 1. The number of ether oxygens (including phenoxy) is 2. The van der Waals surface area contributed by atoms with Crippen molar-refractivity contribution in [2.24, 2.45) is 0 Å². The fourth-order valence-electron chi connectivity index (χ4n) is 3.85. The number of hydrogen-bond acceptors (Lipinski definition) is 6. The van der Waals surface area contributed by atoms with Crippen molar-refractivity contribution in [1.29, 1.82) is 0 Å². The van der Waals surface area contributed by atoms with E-state index in [0.29, 0.717) is 30.5 Å². The normalized spacial score (nSPS) is 16.2. The van der Waals surface area contributed by atoms with E-state index in [-0.39, 0.29) is 38.3 Å². The number of amides is 1. The molecule has 0 fully saturated rings. The highest BCUT2D eigenvalue weighted by Gasteiger charge is 2.33. The first kappa shape index (κ1) is 25.3. The predicted octanol–water partition coefficient (Wildman–Crippen LogP) is 3.41. The van der Waals surface area contributed by atoms with Gasteiger partial charge in [0.1, 0.15) is 19.0 Å². The van der Waals surface area contributed by atoms with E-state index >= 15 is 0 Å². The SMILES string of the molecule is C#CCOCC(O)CN(CC=C)CC(=O)N1CCc2sccc2C1COc1ccc(Cl)cc1. The lowest BCUT2D eigenvalue weighted by Crippen LogP contribution is -2.48. The lowest BCUT2D eigenvalue weighted by Gasteiger charge is -2.37. The first-order valence-electron chi connectivity index (χ1n) is 10.8. The number of terminal acetylenes is 1. The van der Waals surface area contributed by atoms with Crippen molar-refractivity contribution in [2.45, 2.75) is 18.6 Å². The summed E-state index contributed by atoms with van der Waals surface area (Å²) in [4.78, 5) is 18.4. The van der Waals surface area contributed by atoms with Crippen LogP contribution < -0.4 is 4.74 Å². The Morgan fingerprint density at radius 1 is 1.42 bits per heavy atom. The van der Waals surface area contributed by atoms with Crippen LogP contribution in [0.2, 0.25) is 5.02 Å². The standard InChI is InChI=1S/C25H29ClN2O4S/c1-3-11-27(15-20(29)17-31-13-4-2)16-25(30)28-12-9-24-22(10-14-33-24)23(28)18-32-21-7-5-19(26)6-8-21/h2-3,5-8,10,14,20,23,29H,1,9,11-13,15-18H2. The lowest BCUT2D eigenvalue weighted by molar-refractivity contribution is -0.136. The molecular weight excluding hydrogens is 460 g/mol. The number of hydrogen-bond donors (Lipinski definition) is 1. The second kappa shape index (κ2) is 12.8. The molecule has 6 nitrogen and oxygen atoms in total. The fourth-order valence-corrected chi connectivity index (χ4v) is 4.91. The molecule has 8 heteroatoms. The molecule has 3 rings (SSSR count). The highest BCUT2D eigenvalue weighted by molar-refractivity contribution is 7.10. The third-order valence-electron chi connectivity index (χ3n) is 5.35. The molecule has 1 N–H and O–H groups in total. The van der Waals surface area contributed by atoms with Gasteiger partial charge in [0, 0.05) is 29.5 Å². The van der Waals surface area contributed by atoms with Gasteiger partial charge in [0.15, 0.2) is 0 Å². The van der Waals surface area contributed by atoms with E-state index in [1.165, 1.54) is 4.88 Å². The molecular formula is C25H29ClN2O4S. The van der Waals surface area contributed by atoms with Gasteiger partial charge in [-0.15, -0.1) is 24.3 Å². The molecule has 2 unspecified atom stereocenters. The number of halogens is 1. The average Bonchev–Trinajstić information content (AvgIpc) is 3.28. The minimum Gasteiger partial charge on any atom is -0.491 e. The van der Waals surface area contributed by atoms with E-state index < -0.39 is 6.10 Å². The molecule has 1 aromatic carbocycles. The van der Waals surface area contributed by atoms with Gasteiger partial charge >= 0.3 is 0 Å². The van der Waals surface area contributed by atoms with Crippen LogP contribution in [-0.4, -0.2) is 72.9 Å². The maximum absolute atomic E-state index is 13.4. The first-order valence-corrected chi connectivity index (χ1v) is 12.0. The van der Waals surface area contributed by atoms with Gasteiger partial charge in [-0.1, -0.05) is 23.6 Å². The van der Waals surface area contributed by atoms with Crippen molar-refractivity contribution in [3.8, 4) is 18.1 Å². The van der Waals surface area contributed by atoms with Crippen LogP contribution in [0.25, 0.3) is 0 Å². The first-order chi connectivity index (χ1) is 16.0. The van der Waals surface area contributed by atoms with Crippen LogP contribution in [0.4, 0.5) is 0 Å². The van der Waals surface area contributed by atoms with E-state index in [1.807, 2.05) is 21.9 Å². The smallest absolute Gasteiger partial charge is 0.237 e. The Kier molecular flexibility index (Phi) is 9.79. The monoisotopic (exact) mass is 488 g/mol. The van der Waals surface area contributed by atoms with Gasteiger partial charge in [-0.05, 0) is 47.7 Å². The second-order valence-corrected chi connectivity index (χ2v) is 9.21. The number of carbonyl (C=O) groups excluding carboxylic acids is 1. The summed E-state index contributed by atoms with van der Waals surface area (Å²) in [5, 5.41) is 13.0. The lowest BCUT2D eigenvalue weighted by atomic mass is 10.0. The number of aliphatic hydroxyl groups excluding tert-OH is 1. The molecule has 0 radical (unpaired) electrons. The third kappa shape index (κ3) is 7.32. The van der Waals surface area contributed by atoms with Gasteiger partial charge in [-0.3, -0.25) is 9.69 Å². The summed E-state index contributed by atoms with van der Waals surface area (Å²) in [5.41, 5.74) is 1.13. The molecule has 1 amide bonds. The minimum absolute atomic E-state index is 0.0184. The zero-order valence-corrected chi connectivity index (χ0v) is 20.1. The highest BCUT2D eigenvalue weighted by Crippen LogP contribution is 2.34. The summed E-state index contributed by atoms with van der Waals surface area (Å²) in [6.45, 7) is 5.92. The Labute approximate surface area is 204 Å². The largest absolute Gasteiger partial charge is 0.491 e. The van der Waals surface area contributed by atoms with Gasteiger partial charge in [-0.2, -0.15) is 0 Å². The summed E-state index contributed by atoms with van der Waals surface area (Å²) < 4.78 is 11.2. The molecule has 33 heavy (non-hydrogen) atoms. The minimum atomic E-state index is -0.750. The molecule has 2 aromatic rings. The molecule has 1 aliphatic heterocycles. The van der Waals surface area contributed by atoms with Crippen LogP contribution >= 0.6 is 22.9 Å². The van der Waals surface area contributed by atoms with Crippen LogP contribution in [0.5, 0.6) is 5.75 Å².